The highest BCUT2D eigenvalue weighted by atomic mass is 15.0. The Bertz CT molecular complexity index is 566. The number of fused-ring (bicyclic) bond motifs is 1. The van der Waals surface area contributed by atoms with E-state index < -0.39 is 0 Å². The van der Waals surface area contributed by atoms with E-state index in [4.69, 9.17) is 0 Å². The third-order valence-corrected chi connectivity index (χ3v) is 3.35. The molecule has 17 heavy (non-hydrogen) atoms. The number of benzene rings is 1. The quantitative estimate of drug-likeness (QED) is 0.783. The van der Waals surface area contributed by atoms with Crippen LogP contribution in [0, 0.1) is 0 Å². The molecule has 1 aromatic carbocycles. The van der Waals surface area contributed by atoms with Gasteiger partial charge in [0.25, 0.3) is 0 Å². The van der Waals surface area contributed by atoms with Crippen LogP contribution in [0.15, 0.2) is 49.3 Å². The Morgan fingerprint density at radius 2 is 2.12 bits per heavy atom. The van der Waals surface area contributed by atoms with Crippen molar-refractivity contribution < 1.29 is 0 Å². The maximum Gasteiger partial charge on any atom is 0.0569 e. The standard InChI is InChI=1S/C15H16N2/c1-11-9-15(12-7-8-17(2)10-12)16-14-6-4-3-5-13(11)14/h3-8,10,15-16H,1,9H2,2H3. The lowest BCUT2D eigenvalue weighted by atomic mass is 9.91. The summed E-state index contributed by atoms with van der Waals surface area (Å²) in [5.74, 6) is 0. The fourth-order valence-electron chi connectivity index (χ4n) is 2.44. The summed E-state index contributed by atoms with van der Waals surface area (Å²) in [4.78, 5) is 0. The number of nitrogens with zero attached hydrogens (tertiary/aromatic N) is 1. The maximum atomic E-state index is 4.19. The molecule has 0 spiro atoms. The van der Waals surface area contributed by atoms with E-state index >= 15 is 0 Å². The first-order valence-corrected chi connectivity index (χ1v) is 5.89. The van der Waals surface area contributed by atoms with Gasteiger partial charge < -0.3 is 9.88 Å². The minimum absolute atomic E-state index is 0.346. The number of para-hydroxylation sites is 1. The van der Waals surface area contributed by atoms with Crippen LogP contribution >= 0.6 is 0 Å². The Kier molecular flexibility index (Phi) is 2.29. The summed E-state index contributed by atoms with van der Waals surface area (Å²) < 4.78 is 2.08. The lowest BCUT2D eigenvalue weighted by Gasteiger charge is -2.28. The van der Waals surface area contributed by atoms with Crippen molar-refractivity contribution in [2.24, 2.45) is 7.05 Å². The van der Waals surface area contributed by atoms with Gasteiger partial charge >= 0.3 is 0 Å². The predicted octanol–water partition coefficient (Wildman–Crippen LogP) is 3.60. The molecule has 0 aliphatic carbocycles. The second-order valence-corrected chi connectivity index (χ2v) is 4.66. The summed E-state index contributed by atoms with van der Waals surface area (Å²) in [7, 11) is 2.05. The molecule has 2 nitrogen and oxygen atoms in total. The first-order chi connectivity index (χ1) is 8.24. The van der Waals surface area contributed by atoms with Crippen molar-refractivity contribution >= 4 is 11.3 Å². The van der Waals surface area contributed by atoms with Gasteiger partial charge in [-0.1, -0.05) is 24.8 Å². The molecule has 0 bridgehead atoms. The molecule has 3 rings (SSSR count). The number of nitrogens with one attached hydrogen (secondary N) is 1. The molecule has 0 saturated carbocycles. The summed E-state index contributed by atoms with van der Waals surface area (Å²) in [5.41, 5.74) is 4.98. The molecule has 1 N–H and O–H groups in total. The van der Waals surface area contributed by atoms with E-state index in [2.05, 4.69) is 66.2 Å². The lowest BCUT2D eigenvalue weighted by Crippen LogP contribution is -2.16. The van der Waals surface area contributed by atoms with Gasteiger partial charge in [-0.3, -0.25) is 0 Å². The molecule has 0 radical (unpaired) electrons. The van der Waals surface area contributed by atoms with Crippen LogP contribution in [0.5, 0.6) is 0 Å². The van der Waals surface area contributed by atoms with Gasteiger partial charge in [0.15, 0.2) is 0 Å². The van der Waals surface area contributed by atoms with Gasteiger partial charge in [0.1, 0.15) is 0 Å². The van der Waals surface area contributed by atoms with E-state index in [0.29, 0.717) is 6.04 Å². The fraction of sp³-hybridized carbons (Fsp3) is 0.200. The van der Waals surface area contributed by atoms with Gasteiger partial charge in [-0.25, -0.2) is 0 Å². The minimum atomic E-state index is 0.346. The van der Waals surface area contributed by atoms with E-state index in [9.17, 15) is 0 Å². The van der Waals surface area contributed by atoms with E-state index in [1.807, 2.05) is 0 Å². The van der Waals surface area contributed by atoms with Crippen LogP contribution in [-0.4, -0.2) is 4.57 Å². The van der Waals surface area contributed by atoms with Crippen molar-refractivity contribution in [3.8, 4) is 0 Å². The van der Waals surface area contributed by atoms with E-state index in [1.54, 1.807) is 0 Å². The predicted molar refractivity (Wildman–Crippen MR) is 71.9 cm³/mol. The average Bonchev–Trinajstić information content (AvgIpc) is 2.76. The second-order valence-electron chi connectivity index (χ2n) is 4.66. The van der Waals surface area contributed by atoms with Gasteiger partial charge in [0, 0.05) is 30.7 Å². The Labute approximate surface area is 102 Å². The first kappa shape index (κ1) is 10.2. The zero-order valence-corrected chi connectivity index (χ0v) is 9.98. The largest absolute Gasteiger partial charge is 0.377 e. The summed E-state index contributed by atoms with van der Waals surface area (Å²) in [5, 5.41) is 3.58. The number of anilines is 1. The zero-order chi connectivity index (χ0) is 11.8. The molecule has 0 fully saturated rings. The zero-order valence-electron chi connectivity index (χ0n) is 9.98. The van der Waals surface area contributed by atoms with Crippen molar-refractivity contribution in [2.75, 3.05) is 5.32 Å². The molecular weight excluding hydrogens is 208 g/mol. The smallest absolute Gasteiger partial charge is 0.0569 e. The summed E-state index contributed by atoms with van der Waals surface area (Å²) in [6.07, 6.45) is 5.22. The highest BCUT2D eigenvalue weighted by Gasteiger charge is 2.21. The molecule has 1 aromatic heterocycles. The first-order valence-electron chi connectivity index (χ1n) is 5.89. The van der Waals surface area contributed by atoms with Crippen molar-refractivity contribution in [3.05, 3.63) is 60.4 Å². The summed E-state index contributed by atoms with van der Waals surface area (Å²) >= 11 is 0. The maximum absolute atomic E-state index is 4.19. The van der Waals surface area contributed by atoms with Crippen LogP contribution in [0.4, 0.5) is 5.69 Å². The van der Waals surface area contributed by atoms with Crippen LogP contribution in [0.25, 0.3) is 5.57 Å². The number of hydrogen-bond acceptors (Lipinski definition) is 1. The molecule has 1 atom stereocenters. The molecule has 0 amide bonds. The number of hydrogen-bond donors (Lipinski definition) is 1. The Morgan fingerprint density at radius 3 is 2.88 bits per heavy atom. The van der Waals surface area contributed by atoms with Gasteiger partial charge in [0.05, 0.1) is 6.04 Å². The molecular formula is C15H16N2. The fourth-order valence-corrected chi connectivity index (χ4v) is 2.44. The Morgan fingerprint density at radius 1 is 1.29 bits per heavy atom. The molecule has 1 aliphatic heterocycles. The lowest BCUT2D eigenvalue weighted by molar-refractivity contribution is 0.788. The van der Waals surface area contributed by atoms with E-state index in [0.717, 1.165) is 6.42 Å². The second kappa shape index (κ2) is 3.81. The SMILES string of the molecule is C=C1CC(c2ccn(C)c2)Nc2ccccc21. The Hall–Kier alpha value is -1.96. The molecule has 2 heteroatoms. The molecule has 1 aliphatic rings. The van der Waals surface area contributed by atoms with Crippen molar-refractivity contribution in [1.82, 2.24) is 4.57 Å². The van der Waals surface area contributed by atoms with E-state index in [1.165, 1.54) is 22.4 Å². The van der Waals surface area contributed by atoms with Crippen LogP contribution in [-0.2, 0) is 7.05 Å². The van der Waals surface area contributed by atoms with Crippen molar-refractivity contribution in [2.45, 2.75) is 12.5 Å². The van der Waals surface area contributed by atoms with Crippen LogP contribution < -0.4 is 5.32 Å². The molecule has 1 unspecified atom stereocenters. The minimum Gasteiger partial charge on any atom is -0.377 e. The number of aryl methyl sites for hydroxylation is 1. The van der Waals surface area contributed by atoms with Crippen molar-refractivity contribution in [1.29, 1.82) is 0 Å². The third kappa shape index (κ3) is 1.76. The highest BCUT2D eigenvalue weighted by Crippen LogP contribution is 2.38. The van der Waals surface area contributed by atoms with E-state index in [-0.39, 0.29) is 0 Å². The summed E-state index contributed by atoms with van der Waals surface area (Å²) in [6, 6.07) is 10.9. The molecule has 0 saturated heterocycles. The van der Waals surface area contributed by atoms with Gasteiger partial charge in [-0.2, -0.15) is 0 Å². The van der Waals surface area contributed by atoms with Gasteiger partial charge in [-0.15, -0.1) is 0 Å². The monoisotopic (exact) mass is 224 g/mol. The van der Waals surface area contributed by atoms with Crippen molar-refractivity contribution in [3.63, 3.8) is 0 Å². The normalized spacial score (nSPS) is 18.6. The van der Waals surface area contributed by atoms with Gasteiger partial charge in [0.2, 0.25) is 0 Å². The molecule has 2 heterocycles. The number of aromatic nitrogens is 1. The third-order valence-electron chi connectivity index (χ3n) is 3.35. The van der Waals surface area contributed by atoms with Gasteiger partial charge in [-0.05, 0) is 29.7 Å². The molecule has 2 aromatic rings. The topological polar surface area (TPSA) is 17.0 Å². The van der Waals surface area contributed by atoms with Crippen LogP contribution in [0.3, 0.4) is 0 Å². The highest BCUT2D eigenvalue weighted by molar-refractivity contribution is 5.78. The summed E-state index contributed by atoms with van der Waals surface area (Å²) in [6.45, 7) is 4.19. The number of rotatable bonds is 1. The molecule has 86 valence electrons. The van der Waals surface area contributed by atoms with Crippen LogP contribution in [0.2, 0.25) is 0 Å². The van der Waals surface area contributed by atoms with Crippen LogP contribution in [0.1, 0.15) is 23.6 Å². The average molecular weight is 224 g/mol. The Balaban J connectivity index is 1.96.